The summed E-state index contributed by atoms with van der Waals surface area (Å²) in [5.41, 5.74) is 0.240. The van der Waals surface area contributed by atoms with Crippen LogP contribution in [0.3, 0.4) is 0 Å². The lowest BCUT2D eigenvalue weighted by Gasteiger charge is -2.17. The van der Waals surface area contributed by atoms with Crippen molar-refractivity contribution in [2.24, 2.45) is 5.92 Å². The van der Waals surface area contributed by atoms with E-state index in [2.05, 4.69) is 10.1 Å². The van der Waals surface area contributed by atoms with Crippen LogP contribution >= 0.6 is 0 Å². The van der Waals surface area contributed by atoms with Crippen molar-refractivity contribution in [3.05, 3.63) is 29.8 Å². The highest BCUT2D eigenvalue weighted by atomic mass is 32.2. The molecule has 2 rings (SSSR count). The van der Waals surface area contributed by atoms with Crippen LogP contribution in [0.2, 0.25) is 0 Å². The van der Waals surface area contributed by atoms with Crippen molar-refractivity contribution in [3.8, 4) is 0 Å². The summed E-state index contributed by atoms with van der Waals surface area (Å²) < 4.78 is 31.3. The summed E-state index contributed by atoms with van der Waals surface area (Å²) in [7, 11) is -0.428. The molecule has 1 N–H and O–H groups in total. The van der Waals surface area contributed by atoms with Gasteiger partial charge < -0.3 is 10.1 Å². The van der Waals surface area contributed by atoms with Gasteiger partial charge in [-0.05, 0) is 44.1 Å². The zero-order valence-corrected chi connectivity index (χ0v) is 13.0. The maximum absolute atomic E-state index is 12.6. The predicted molar refractivity (Wildman–Crippen MR) is 78.6 cm³/mol. The first kappa shape index (κ1) is 15.9. The summed E-state index contributed by atoms with van der Waals surface area (Å²) in [4.78, 5) is 11.6. The second kappa shape index (κ2) is 6.55. The molecule has 1 heterocycles. The first-order valence-corrected chi connectivity index (χ1v) is 8.26. The summed E-state index contributed by atoms with van der Waals surface area (Å²) in [6.45, 7) is 1.82. The molecule has 21 heavy (non-hydrogen) atoms. The molecule has 1 aromatic carbocycles. The van der Waals surface area contributed by atoms with Crippen LogP contribution in [0.25, 0.3) is 0 Å². The third kappa shape index (κ3) is 3.42. The van der Waals surface area contributed by atoms with Crippen LogP contribution < -0.4 is 5.32 Å². The largest absolute Gasteiger partial charge is 0.465 e. The normalized spacial score (nSPS) is 19.6. The van der Waals surface area contributed by atoms with Crippen molar-refractivity contribution >= 4 is 16.0 Å². The molecular weight excluding hydrogens is 292 g/mol. The molecule has 0 radical (unpaired) electrons. The molecule has 1 unspecified atom stereocenters. The van der Waals surface area contributed by atoms with Crippen LogP contribution in [0, 0.1) is 5.92 Å². The molecular formula is C14H20N2O4S. The van der Waals surface area contributed by atoms with Gasteiger partial charge in [-0.2, -0.15) is 4.31 Å². The van der Waals surface area contributed by atoms with E-state index in [4.69, 9.17) is 0 Å². The fourth-order valence-corrected chi connectivity index (χ4v) is 4.10. The standard InChI is InChI=1S/C14H20N2O4S/c1-15-9-11-6-7-16(10-11)21(18,19)13-5-3-4-12(8-13)14(17)20-2/h3-5,8,11,15H,6-7,9-10H2,1-2H3. The molecule has 6 nitrogen and oxygen atoms in total. The Morgan fingerprint density at radius 1 is 1.48 bits per heavy atom. The van der Waals surface area contributed by atoms with E-state index in [1.807, 2.05) is 7.05 Å². The van der Waals surface area contributed by atoms with E-state index < -0.39 is 16.0 Å². The molecule has 7 heteroatoms. The lowest BCUT2D eigenvalue weighted by molar-refractivity contribution is 0.0600. The minimum atomic E-state index is -3.56. The van der Waals surface area contributed by atoms with Crippen molar-refractivity contribution in [2.75, 3.05) is 33.8 Å². The van der Waals surface area contributed by atoms with E-state index in [1.54, 1.807) is 12.1 Å². The zero-order chi connectivity index (χ0) is 15.5. The number of hydrogen-bond acceptors (Lipinski definition) is 5. The average molecular weight is 312 g/mol. The molecule has 1 aliphatic heterocycles. The van der Waals surface area contributed by atoms with Crippen LogP contribution in [-0.2, 0) is 14.8 Å². The van der Waals surface area contributed by atoms with Crippen molar-refractivity contribution < 1.29 is 17.9 Å². The molecule has 1 fully saturated rings. The zero-order valence-electron chi connectivity index (χ0n) is 12.2. The van der Waals surface area contributed by atoms with Crippen molar-refractivity contribution in [1.29, 1.82) is 0 Å². The minimum Gasteiger partial charge on any atom is -0.465 e. The Labute approximate surface area is 125 Å². The number of benzene rings is 1. The van der Waals surface area contributed by atoms with Gasteiger partial charge in [0.1, 0.15) is 0 Å². The number of sulfonamides is 1. The molecule has 0 saturated carbocycles. The molecule has 116 valence electrons. The second-order valence-electron chi connectivity index (χ2n) is 5.09. The third-order valence-corrected chi connectivity index (χ3v) is 5.50. The Morgan fingerprint density at radius 2 is 2.24 bits per heavy atom. The summed E-state index contributed by atoms with van der Waals surface area (Å²) in [5.74, 6) is -0.213. The highest BCUT2D eigenvalue weighted by Crippen LogP contribution is 2.24. The number of nitrogens with one attached hydrogen (secondary N) is 1. The summed E-state index contributed by atoms with van der Waals surface area (Å²) in [6, 6.07) is 5.97. The molecule has 1 aromatic rings. The van der Waals surface area contributed by atoms with Crippen molar-refractivity contribution in [3.63, 3.8) is 0 Å². The molecule has 0 aromatic heterocycles. The average Bonchev–Trinajstić information content (AvgIpc) is 2.96. The Bertz CT molecular complexity index is 615. The van der Waals surface area contributed by atoms with E-state index in [0.29, 0.717) is 19.0 Å². The molecule has 0 bridgehead atoms. The molecule has 0 spiro atoms. The van der Waals surface area contributed by atoms with Gasteiger partial charge in [0, 0.05) is 13.1 Å². The van der Waals surface area contributed by atoms with Crippen LogP contribution in [0.1, 0.15) is 16.8 Å². The lowest BCUT2D eigenvalue weighted by Crippen LogP contribution is -2.30. The first-order valence-electron chi connectivity index (χ1n) is 6.82. The van der Waals surface area contributed by atoms with Crippen LogP contribution in [-0.4, -0.2) is 52.5 Å². The number of methoxy groups -OCH3 is 1. The molecule has 0 aliphatic carbocycles. The smallest absolute Gasteiger partial charge is 0.337 e. The number of esters is 1. The van der Waals surface area contributed by atoms with Gasteiger partial charge in [0.15, 0.2) is 0 Å². The van der Waals surface area contributed by atoms with Gasteiger partial charge in [0.25, 0.3) is 0 Å². The number of carbonyl (C=O) groups excluding carboxylic acids is 1. The molecule has 1 saturated heterocycles. The number of carbonyl (C=O) groups is 1. The predicted octanol–water partition coefficient (Wildman–Crippen LogP) is 0.703. The maximum atomic E-state index is 12.6. The quantitative estimate of drug-likeness (QED) is 0.810. The van der Waals surface area contributed by atoms with Crippen LogP contribution in [0.15, 0.2) is 29.2 Å². The number of hydrogen-bond donors (Lipinski definition) is 1. The Balaban J connectivity index is 2.22. The van der Waals surface area contributed by atoms with Gasteiger partial charge in [-0.1, -0.05) is 6.07 Å². The van der Waals surface area contributed by atoms with E-state index in [0.717, 1.165) is 13.0 Å². The fourth-order valence-electron chi connectivity index (χ4n) is 2.52. The monoisotopic (exact) mass is 312 g/mol. The molecule has 0 amide bonds. The maximum Gasteiger partial charge on any atom is 0.337 e. The molecule has 1 atom stereocenters. The van der Waals surface area contributed by atoms with Crippen LogP contribution in [0.5, 0.6) is 0 Å². The number of rotatable bonds is 5. The second-order valence-corrected chi connectivity index (χ2v) is 7.03. The third-order valence-electron chi connectivity index (χ3n) is 3.63. The van der Waals surface area contributed by atoms with Gasteiger partial charge >= 0.3 is 5.97 Å². The van der Waals surface area contributed by atoms with E-state index in [1.165, 1.54) is 23.5 Å². The Hall–Kier alpha value is -1.44. The summed E-state index contributed by atoms with van der Waals surface area (Å²) >= 11 is 0. The Morgan fingerprint density at radius 3 is 2.90 bits per heavy atom. The lowest BCUT2D eigenvalue weighted by atomic mass is 10.1. The van der Waals surface area contributed by atoms with Crippen molar-refractivity contribution in [2.45, 2.75) is 11.3 Å². The van der Waals surface area contributed by atoms with Gasteiger partial charge in [-0.15, -0.1) is 0 Å². The highest BCUT2D eigenvalue weighted by Gasteiger charge is 2.32. The minimum absolute atomic E-state index is 0.135. The SMILES string of the molecule is CNCC1CCN(S(=O)(=O)c2cccc(C(=O)OC)c2)C1. The van der Waals surface area contributed by atoms with Gasteiger partial charge in [-0.25, -0.2) is 13.2 Å². The van der Waals surface area contributed by atoms with Gasteiger partial charge in [0.05, 0.1) is 17.6 Å². The van der Waals surface area contributed by atoms with E-state index in [-0.39, 0.29) is 10.5 Å². The van der Waals surface area contributed by atoms with Gasteiger partial charge in [0.2, 0.25) is 10.0 Å². The summed E-state index contributed by atoms with van der Waals surface area (Å²) in [5, 5.41) is 3.07. The topological polar surface area (TPSA) is 75.7 Å². The van der Waals surface area contributed by atoms with Crippen LogP contribution in [0.4, 0.5) is 0 Å². The highest BCUT2D eigenvalue weighted by molar-refractivity contribution is 7.89. The first-order chi connectivity index (χ1) is 9.98. The van der Waals surface area contributed by atoms with Gasteiger partial charge in [-0.3, -0.25) is 0 Å². The van der Waals surface area contributed by atoms with E-state index in [9.17, 15) is 13.2 Å². The number of ether oxygens (including phenoxy) is 1. The molecule has 1 aliphatic rings. The fraction of sp³-hybridized carbons (Fsp3) is 0.500. The van der Waals surface area contributed by atoms with Crippen molar-refractivity contribution in [1.82, 2.24) is 9.62 Å². The number of nitrogens with zero attached hydrogens (tertiary/aromatic N) is 1. The van der Waals surface area contributed by atoms with E-state index >= 15 is 0 Å². The summed E-state index contributed by atoms with van der Waals surface area (Å²) in [6.07, 6.45) is 0.844. The Kier molecular flexibility index (Phi) is 4.97.